The summed E-state index contributed by atoms with van der Waals surface area (Å²) in [6, 6.07) is 17.4. The van der Waals surface area contributed by atoms with Crippen LogP contribution in [0.25, 0.3) is 0 Å². The molecule has 1 fully saturated rings. The van der Waals surface area contributed by atoms with Gasteiger partial charge in [-0.1, -0.05) is 49.1 Å². The van der Waals surface area contributed by atoms with Gasteiger partial charge in [0.25, 0.3) is 0 Å². The van der Waals surface area contributed by atoms with E-state index in [0.29, 0.717) is 24.3 Å². The highest BCUT2D eigenvalue weighted by molar-refractivity contribution is 5.79. The van der Waals surface area contributed by atoms with Gasteiger partial charge in [-0.25, -0.2) is 0 Å². The summed E-state index contributed by atoms with van der Waals surface area (Å²) in [6.07, 6.45) is 7.12. The third-order valence-electron chi connectivity index (χ3n) is 6.68. The first-order valence-electron chi connectivity index (χ1n) is 10.7. The molecule has 1 saturated carbocycles. The molecule has 3 heteroatoms. The van der Waals surface area contributed by atoms with E-state index >= 15 is 0 Å². The molecule has 0 spiro atoms. The van der Waals surface area contributed by atoms with Gasteiger partial charge < -0.3 is 15.1 Å². The molecule has 2 atom stereocenters. The van der Waals surface area contributed by atoms with E-state index in [1.807, 2.05) is 0 Å². The van der Waals surface area contributed by atoms with E-state index in [1.165, 1.54) is 60.3 Å². The van der Waals surface area contributed by atoms with E-state index in [2.05, 4.69) is 78.4 Å². The van der Waals surface area contributed by atoms with Crippen molar-refractivity contribution >= 4 is 17.1 Å². The Balaban J connectivity index is 1.67. The molecule has 0 amide bonds. The molecule has 0 bridgehead atoms. The predicted octanol–water partition coefficient (Wildman–Crippen LogP) is 5.86. The van der Waals surface area contributed by atoms with Crippen molar-refractivity contribution in [2.45, 2.75) is 77.2 Å². The largest absolute Gasteiger partial charge is 0.373 e. The number of fused-ring (bicyclic) bond motifs is 4. The highest BCUT2D eigenvalue weighted by Gasteiger charge is 2.48. The predicted molar refractivity (Wildman–Crippen MR) is 115 cm³/mol. The van der Waals surface area contributed by atoms with Gasteiger partial charge in [0.1, 0.15) is 6.17 Å². The second-order valence-corrected chi connectivity index (χ2v) is 8.82. The van der Waals surface area contributed by atoms with Crippen LogP contribution in [-0.4, -0.2) is 18.2 Å². The van der Waals surface area contributed by atoms with Crippen molar-refractivity contribution in [1.82, 2.24) is 0 Å². The average molecular weight is 362 g/mol. The van der Waals surface area contributed by atoms with Crippen molar-refractivity contribution in [3.05, 3.63) is 53.6 Å². The van der Waals surface area contributed by atoms with Crippen molar-refractivity contribution in [2.24, 2.45) is 0 Å². The normalized spacial score (nSPS) is 24.4. The molecule has 2 aliphatic heterocycles. The number of hydrogen-bond acceptors (Lipinski definition) is 3. The lowest BCUT2D eigenvalue weighted by Crippen LogP contribution is -2.58. The Labute approximate surface area is 163 Å². The summed E-state index contributed by atoms with van der Waals surface area (Å²) in [5.74, 6) is 0. The summed E-state index contributed by atoms with van der Waals surface area (Å²) >= 11 is 0. The molecule has 142 valence electrons. The highest BCUT2D eigenvalue weighted by Crippen LogP contribution is 2.51. The third kappa shape index (κ3) is 2.62. The van der Waals surface area contributed by atoms with E-state index in [4.69, 9.17) is 0 Å². The summed E-state index contributed by atoms with van der Waals surface area (Å²) in [6.45, 7) is 6.89. The van der Waals surface area contributed by atoms with E-state index in [0.717, 1.165) is 0 Å². The molecule has 2 aromatic carbocycles. The zero-order chi connectivity index (χ0) is 18.5. The van der Waals surface area contributed by atoms with Crippen LogP contribution in [0.4, 0.5) is 17.1 Å². The molecule has 0 radical (unpaired) electrons. The number of nitrogens with one attached hydrogen (secondary N) is 1. The monoisotopic (exact) mass is 361 g/mol. The fraction of sp³-hybridized carbons (Fsp3) is 0.500. The van der Waals surface area contributed by atoms with Crippen molar-refractivity contribution in [1.29, 1.82) is 0 Å². The Morgan fingerprint density at radius 1 is 0.963 bits per heavy atom. The van der Waals surface area contributed by atoms with Crippen LogP contribution >= 0.6 is 0 Å². The maximum Gasteiger partial charge on any atom is 0.127 e. The van der Waals surface area contributed by atoms with Gasteiger partial charge in [0.05, 0.1) is 17.4 Å². The molecule has 1 N–H and O–H groups in total. The van der Waals surface area contributed by atoms with Crippen LogP contribution in [0.3, 0.4) is 0 Å². The molecule has 27 heavy (non-hydrogen) atoms. The molecule has 3 aliphatic rings. The minimum Gasteiger partial charge on any atom is -0.373 e. The summed E-state index contributed by atoms with van der Waals surface area (Å²) in [5.41, 5.74) is 6.90. The Kier molecular flexibility index (Phi) is 4.07. The molecule has 3 nitrogen and oxygen atoms in total. The molecule has 0 saturated heterocycles. The average Bonchev–Trinajstić information content (AvgIpc) is 3.00. The Morgan fingerprint density at radius 3 is 2.52 bits per heavy atom. The lowest BCUT2D eigenvalue weighted by molar-refractivity contribution is 0.361. The zero-order valence-electron chi connectivity index (χ0n) is 16.8. The molecule has 1 aliphatic carbocycles. The molecule has 0 aromatic heterocycles. The fourth-order valence-corrected chi connectivity index (χ4v) is 5.56. The van der Waals surface area contributed by atoms with Crippen LogP contribution in [0.15, 0.2) is 42.5 Å². The lowest BCUT2D eigenvalue weighted by atomic mass is 9.91. The number of aryl methyl sites for hydroxylation is 1. The standard InChI is InChI=1S/C24H31N3/c1-16(2)26-21-14-13-17(3)15-19(21)23-24(26)27(18-9-5-4-6-10-18)22-12-8-7-11-20(22)25-23/h7-8,11-16,18,23-25H,4-6,9-10H2,1-3H3. The number of rotatable bonds is 2. The van der Waals surface area contributed by atoms with E-state index < -0.39 is 0 Å². The smallest absolute Gasteiger partial charge is 0.127 e. The summed E-state index contributed by atoms with van der Waals surface area (Å²) in [7, 11) is 0. The third-order valence-corrected chi connectivity index (χ3v) is 6.68. The van der Waals surface area contributed by atoms with Gasteiger partial charge in [-0.15, -0.1) is 0 Å². The first kappa shape index (κ1) is 17.0. The van der Waals surface area contributed by atoms with Crippen molar-refractivity contribution in [2.75, 3.05) is 15.1 Å². The summed E-state index contributed by atoms with van der Waals surface area (Å²) in [4.78, 5) is 5.45. The Bertz CT molecular complexity index is 837. The number of para-hydroxylation sites is 2. The van der Waals surface area contributed by atoms with Gasteiger partial charge in [0.15, 0.2) is 0 Å². The minimum atomic E-state index is 0.333. The first-order valence-corrected chi connectivity index (χ1v) is 10.7. The maximum absolute atomic E-state index is 3.91. The number of benzene rings is 2. The number of anilines is 3. The quantitative estimate of drug-likeness (QED) is 0.723. The number of hydrogen-bond donors (Lipinski definition) is 1. The Morgan fingerprint density at radius 2 is 1.74 bits per heavy atom. The Hall–Kier alpha value is -2.16. The maximum atomic E-state index is 3.91. The second-order valence-electron chi connectivity index (χ2n) is 8.82. The van der Waals surface area contributed by atoms with Crippen molar-refractivity contribution < 1.29 is 0 Å². The van der Waals surface area contributed by atoms with Gasteiger partial charge in [0.2, 0.25) is 0 Å². The van der Waals surface area contributed by atoms with Gasteiger partial charge >= 0.3 is 0 Å². The van der Waals surface area contributed by atoms with Crippen LogP contribution in [0, 0.1) is 6.92 Å². The summed E-state index contributed by atoms with van der Waals surface area (Å²) in [5, 5.41) is 3.91. The fourth-order valence-electron chi connectivity index (χ4n) is 5.56. The van der Waals surface area contributed by atoms with Crippen LogP contribution in [0.1, 0.15) is 63.1 Å². The molecule has 2 unspecified atom stereocenters. The number of nitrogens with zero attached hydrogens (tertiary/aromatic N) is 2. The molecular formula is C24H31N3. The first-order chi connectivity index (χ1) is 13.1. The lowest BCUT2D eigenvalue weighted by Gasteiger charge is -2.50. The van der Waals surface area contributed by atoms with Crippen LogP contribution in [0.5, 0.6) is 0 Å². The van der Waals surface area contributed by atoms with Crippen LogP contribution in [0.2, 0.25) is 0 Å². The van der Waals surface area contributed by atoms with Crippen molar-refractivity contribution in [3.63, 3.8) is 0 Å². The van der Waals surface area contributed by atoms with Gasteiger partial charge in [-0.2, -0.15) is 0 Å². The van der Waals surface area contributed by atoms with Gasteiger partial charge in [0, 0.05) is 23.3 Å². The van der Waals surface area contributed by atoms with Gasteiger partial charge in [-0.05, 0) is 51.8 Å². The summed E-state index contributed by atoms with van der Waals surface area (Å²) < 4.78 is 0. The molecular weight excluding hydrogens is 330 g/mol. The second kappa shape index (κ2) is 6.47. The molecule has 5 rings (SSSR count). The van der Waals surface area contributed by atoms with Crippen LogP contribution in [-0.2, 0) is 0 Å². The van der Waals surface area contributed by atoms with E-state index in [1.54, 1.807) is 0 Å². The SMILES string of the molecule is Cc1ccc2c(c1)C1Nc3ccccc3N(C3CCCCC3)C1N2C(C)C. The van der Waals surface area contributed by atoms with Gasteiger partial charge in [-0.3, -0.25) is 0 Å². The van der Waals surface area contributed by atoms with E-state index in [9.17, 15) is 0 Å². The molecule has 2 heterocycles. The van der Waals surface area contributed by atoms with Crippen molar-refractivity contribution in [3.8, 4) is 0 Å². The topological polar surface area (TPSA) is 18.5 Å². The minimum absolute atomic E-state index is 0.333. The van der Waals surface area contributed by atoms with E-state index in [-0.39, 0.29) is 0 Å². The molecule has 2 aromatic rings. The zero-order valence-corrected chi connectivity index (χ0v) is 16.8. The highest BCUT2D eigenvalue weighted by atomic mass is 15.4. The van der Waals surface area contributed by atoms with Crippen LogP contribution < -0.4 is 15.1 Å².